The lowest BCUT2D eigenvalue weighted by atomic mass is 9.74. The molecule has 0 saturated carbocycles. The van der Waals surface area contributed by atoms with E-state index in [1.54, 1.807) is 27.4 Å². The van der Waals surface area contributed by atoms with Crippen LogP contribution < -0.4 is 18.9 Å². The van der Waals surface area contributed by atoms with Gasteiger partial charge < -0.3 is 24.1 Å². The van der Waals surface area contributed by atoms with Gasteiger partial charge in [-0.3, -0.25) is 0 Å². The Morgan fingerprint density at radius 3 is 1.98 bits per heavy atom. The third-order valence-electron chi connectivity index (χ3n) is 9.09. The molecule has 1 N–H and O–H groups in total. The summed E-state index contributed by atoms with van der Waals surface area (Å²) >= 11 is 0. The number of rotatable bonds is 6. The SMILES string of the molecule is COc1ccc(C2(c3ccccc3)C=C(C(=O)O)c3c4c(c5cc(OC)c(OC)cc5c3O2)-c2ccccc2C4(C)C)cc1. The van der Waals surface area contributed by atoms with Gasteiger partial charge in [0.2, 0.25) is 0 Å². The van der Waals surface area contributed by atoms with Crippen molar-refractivity contribution >= 4 is 22.3 Å². The molecule has 1 unspecified atom stereocenters. The average Bonchev–Trinajstić information content (AvgIpc) is 3.30. The van der Waals surface area contributed by atoms with Crippen molar-refractivity contribution in [3.63, 3.8) is 0 Å². The van der Waals surface area contributed by atoms with Gasteiger partial charge in [0.1, 0.15) is 11.5 Å². The molecule has 0 radical (unpaired) electrons. The van der Waals surface area contributed by atoms with E-state index in [0.717, 1.165) is 44.2 Å². The molecule has 44 heavy (non-hydrogen) atoms. The zero-order valence-electron chi connectivity index (χ0n) is 25.2. The van der Waals surface area contributed by atoms with E-state index < -0.39 is 17.0 Å². The van der Waals surface area contributed by atoms with Crippen LogP contribution in [-0.2, 0) is 15.8 Å². The Kier molecular flexibility index (Phi) is 6.22. The Balaban J connectivity index is 1.67. The minimum absolute atomic E-state index is 0.180. The Morgan fingerprint density at radius 2 is 1.34 bits per heavy atom. The fraction of sp³-hybridized carbons (Fsp3) is 0.184. The molecule has 1 heterocycles. The lowest BCUT2D eigenvalue weighted by Crippen LogP contribution is -2.37. The van der Waals surface area contributed by atoms with Gasteiger partial charge in [0.15, 0.2) is 17.1 Å². The summed E-state index contributed by atoms with van der Waals surface area (Å²) in [6.07, 6.45) is 1.76. The van der Waals surface area contributed by atoms with Gasteiger partial charge in [0.05, 0.1) is 26.9 Å². The van der Waals surface area contributed by atoms with Crippen LogP contribution in [0, 0.1) is 0 Å². The summed E-state index contributed by atoms with van der Waals surface area (Å²) in [5.41, 5.74) is 4.64. The number of methoxy groups -OCH3 is 3. The van der Waals surface area contributed by atoms with Crippen LogP contribution in [0.1, 0.15) is 41.7 Å². The maximum Gasteiger partial charge on any atom is 0.336 e. The first-order valence-electron chi connectivity index (χ1n) is 14.5. The summed E-state index contributed by atoms with van der Waals surface area (Å²) in [6, 6.07) is 29.4. The van der Waals surface area contributed by atoms with E-state index in [-0.39, 0.29) is 5.57 Å². The second kappa shape index (κ2) is 9.91. The molecule has 5 aromatic rings. The summed E-state index contributed by atoms with van der Waals surface area (Å²) in [4.78, 5) is 13.4. The minimum Gasteiger partial charge on any atom is -0.497 e. The van der Waals surface area contributed by atoms with Gasteiger partial charge in [-0.2, -0.15) is 0 Å². The van der Waals surface area contributed by atoms with E-state index in [1.165, 1.54) is 0 Å². The van der Waals surface area contributed by atoms with Crippen molar-refractivity contribution in [2.24, 2.45) is 0 Å². The predicted molar refractivity (Wildman–Crippen MR) is 171 cm³/mol. The zero-order chi connectivity index (χ0) is 30.8. The van der Waals surface area contributed by atoms with Crippen LogP contribution in [0.25, 0.3) is 27.5 Å². The Hall–Kier alpha value is -5.23. The molecule has 220 valence electrons. The largest absolute Gasteiger partial charge is 0.497 e. The molecular formula is C38H32O6. The van der Waals surface area contributed by atoms with Crippen LogP contribution in [-0.4, -0.2) is 32.4 Å². The number of carboxylic acid groups (broad SMARTS) is 1. The van der Waals surface area contributed by atoms with E-state index in [9.17, 15) is 9.90 Å². The zero-order valence-corrected chi connectivity index (χ0v) is 25.2. The molecule has 0 fully saturated rings. The van der Waals surface area contributed by atoms with Crippen LogP contribution >= 0.6 is 0 Å². The summed E-state index contributed by atoms with van der Waals surface area (Å²) < 4.78 is 24.2. The van der Waals surface area contributed by atoms with Crippen molar-refractivity contribution in [3.05, 3.63) is 125 Å². The molecule has 1 aliphatic heterocycles. The van der Waals surface area contributed by atoms with Crippen molar-refractivity contribution < 1.29 is 28.8 Å². The summed E-state index contributed by atoms with van der Waals surface area (Å²) in [5, 5.41) is 12.6. The van der Waals surface area contributed by atoms with Crippen LogP contribution in [0.4, 0.5) is 0 Å². The smallest absolute Gasteiger partial charge is 0.336 e. The molecule has 0 bridgehead atoms. The van der Waals surface area contributed by atoms with Crippen molar-refractivity contribution in [2.75, 3.05) is 21.3 Å². The highest BCUT2D eigenvalue weighted by molar-refractivity contribution is 6.22. The first-order chi connectivity index (χ1) is 21.2. The highest BCUT2D eigenvalue weighted by atomic mass is 16.5. The number of benzene rings is 5. The molecule has 1 aliphatic carbocycles. The quantitative estimate of drug-likeness (QED) is 0.218. The number of hydrogen-bond acceptors (Lipinski definition) is 5. The summed E-state index contributed by atoms with van der Waals surface area (Å²) in [5.74, 6) is 1.25. The maximum atomic E-state index is 13.4. The van der Waals surface area contributed by atoms with E-state index in [1.807, 2.05) is 78.9 Å². The molecule has 1 atom stereocenters. The molecule has 0 spiro atoms. The van der Waals surface area contributed by atoms with Gasteiger partial charge in [0, 0.05) is 27.5 Å². The number of ether oxygens (including phenoxy) is 4. The molecule has 2 aliphatic rings. The van der Waals surface area contributed by atoms with Gasteiger partial charge in [-0.05, 0) is 58.0 Å². The van der Waals surface area contributed by atoms with E-state index in [4.69, 9.17) is 18.9 Å². The lowest BCUT2D eigenvalue weighted by Gasteiger charge is -2.40. The fourth-order valence-electron chi connectivity index (χ4n) is 7.04. The molecular weight excluding hydrogens is 552 g/mol. The number of carbonyl (C=O) groups is 1. The topological polar surface area (TPSA) is 74.2 Å². The normalized spacial score (nSPS) is 17.5. The maximum absolute atomic E-state index is 13.4. The van der Waals surface area contributed by atoms with Crippen LogP contribution in [0.2, 0.25) is 0 Å². The molecule has 0 aromatic heterocycles. The molecule has 6 heteroatoms. The highest BCUT2D eigenvalue weighted by Crippen LogP contribution is 2.60. The molecule has 7 rings (SSSR count). The van der Waals surface area contributed by atoms with Crippen molar-refractivity contribution in [1.29, 1.82) is 0 Å². The number of aliphatic carboxylic acids is 1. The van der Waals surface area contributed by atoms with Crippen LogP contribution in [0.5, 0.6) is 23.0 Å². The lowest BCUT2D eigenvalue weighted by molar-refractivity contribution is -0.130. The van der Waals surface area contributed by atoms with E-state index >= 15 is 0 Å². The molecule has 0 saturated heterocycles. The Labute approximate surface area is 256 Å². The van der Waals surface area contributed by atoms with Gasteiger partial charge in [0.25, 0.3) is 0 Å². The summed E-state index contributed by atoms with van der Waals surface area (Å²) in [7, 11) is 4.83. The van der Waals surface area contributed by atoms with Crippen molar-refractivity contribution in [1.82, 2.24) is 0 Å². The van der Waals surface area contributed by atoms with Gasteiger partial charge in [-0.1, -0.05) is 80.6 Å². The fourth-order valence-corrected chi connectivity index (χ4v) is 7.04. The minimum atomic E-state index is -1.25. The predicted octanol–water partition coefficient (Wildman–Crippen LogP) is 7.98. The van der Waals surface area contributed by atoms with Gasteiger partial charge in [-0.15, -0.1) is 0 Å². The van der Waals surface area contributed by atoms with E-state index in [0.29, 0.717) is 28.6 Å². The number of hydrogen-bond donors (Lipinski definition) is 1. The standard InChI is InChI=1S/C38H32O6/c1-37(2)29-14-10-9-13-25(29)32-26-19-30(42-4)31(43-5)20-27(26)35-33(34(32)37)28(36(39)40)21-38(44-35,22-11-7-6-8-12-22)23-15-17-24(41-3)18-16-23/h6-21H,1-5H3,(H,39,40). The molecule has 0 amide bonds. The van der Waals surface area contributed by atoms with Crippen molar-refractivity contribution in [3.8, 4) is 34.1 Å². The second-order valence-electron chi connectivity index (χ2n) is 11.7. The van der Waals surface area contributed by atoms with E-state index in [2.05, 4.69) is 26.0 Å². The Morgan fingerprint density at radius 1 is 0.727 bits per heavy atom. The monoisotopic (exact) mass is 584 g/mol. The molecule has 6 nitrogen and oxygen atoms in total. The number of fused-ring (bicyclic) bond motifs is 8. The number of carboxylic acids is 1. The third kappa shape index (κ3) is 3.77. The van der Waals surface area contributed by atoms with Gasteiger partial charge in [-0.25, -0.2) is 4.79 Å². The summed E-state index contributed by atoms with van der Waals surface area (Å²) in [6.45, 7) is 4.29. The van der Waals surface area contributed by atoms with Crippen molar-refractivity contribution in [2.45, 2.75) is 24.9 Å². The second-order valence-corrected chi connectivity index (χ2v) is 11.7. The average molecular weight is 585 g/mol. The van der Waals surface area contributed by atoms with Crippen LogP contribution in [0.3, 0.4) is 0 Å². The first-order valence-corrected chi connectivity index (χ1v) is 14.5. The molecule has 5 aromatic carbocycles. The highest BCUT2D eigenvalue weighted by Gasteiger charge is 2.47. The Bertz CT molecular complexity index is 1990. The third-order valence-corrected chi connectivity index (χ3v) is 9.09. The van der Waals surface area contributed by atoms with Crippen LogP contribution in [0.15, 0.2) is 97.1 Å². The first kappa shape index (κ1) is 27.6. The van der Waals surface area contributed by atoms with Gasteiger partial charge >= 0.3 is 5.97 Å².